The van der Waals surface area contributed by atoms with Gasteiger partial charge in [-0.05, 0) is 30.2 Å². The third-order valence-corrected chi connectivity index (χ3v) is 6.54. The van der Waals surface area contributed by atoms with Crippen molar-refractivity contribution >= 4 is 22.9 Å². The molecule has 0 saturated carbocycles. The van der Waals surface area contributed by atoms with E-state index in [1.807, 2.05) is 30.3 Å². The van der Waals surface area contributed by atoms with Gasteiger partial charge < -0.3 is 41.0 Å². The first-order valence-electron chi connectivity index (χ1n) is 12.2. The Morgan fingerprint density at radius 3 is 2.50 bits per heavy atom. The number of hydrogen-bond acceptors (Lipinski definition) is 11. The smallest absolute Gasteiger partial charge is 0.227 e. The van der Waals surface area contributed by atoms with E-state index in [9.17, 15) is 20.4 Å². The maximum absolute atomic E-state index is 10.9. The molecule has 0 radical (unpaired) electrons. The second-order valence-electron chi connectivity index (χ2n) is 9.21. The number of nitrogen functional groups attached to an aromatic ring is 1. The van der Waals surface area contributed by atoms with Gasteiger partial charge in [0, 0.05) is 0 Å². The summed E-state index contributed by atoms with van der Waals surface area (Å²) in [7, 11) is 0. The van der Waals surface area contributed by atoms with Crippen molar-refractivity contribution in [1.29, 1.82) is 0 Å². The Morgan fingerprint density at radius 2 is 1.82 bits per heavy atom. The van der Waals surface area contributed by atoms with Crippen molar-refractivity contribution in [1.82, 2.24) is 19.5 Å². The molecule has 6 atom stereocenters. The first kappa shape index (κ1) is 25.8. The number of aromatic nitrogens is 4. The molecule has 1 aliphatic heterocycles. The molecule has 2 aromatic carbocycles. The lowest BCUT2D eigenvalue weighted by atomic mass is 10.0. The molecule has 200 valence electrons. The number of benzene rings is 2. The van der Waals surface area contributed by atoms with Crippen LogP contribution in [-0.2, 0) is 11.3 Å². The molecule has 1 aliphatic rings. The fourth-order valence-electron chi connectivity index (χ4n) is 4.37. The van der Waals surface area contributed by atoms with E-state index < -0.39 is 43.3 Å². The summed E-state index contributed by atoms with van der Waals surface area (Å²) >= 11 is 0. The number of aliphatic hydroxyl groups is 4. The number of hydrogen-bond donors (Lipinski definition) is 6. The van der Waals surface area contributed by atoms with Crippen LogP contribution in [0.2, 0.25) is 0 Å². The maximum Gasteiger partial charge on any atom is 0.227 e. The highest BCUT2D eigenvalue weighted by Crippen LogP contribution is 2.32. The number of anilines is 2. The highest BCUT2D eigenvalue weighted by Gasteiger charge is 2.44. The molecular formula is C26H30N6O6. The molecule has 12 heteroatoms. The zero-order valence-corrected chi connectivity index (χ0v) is 20.6. The molecule has 0 spiro atoms. The number of nitrogens with zero attached hydrogens (tertiary/aromatic N) is 4. The molecule has 1 saturated heterocycles. The number of fused-ring (bicyclic) bond motifs is 1. The van der Waals surface area contributed by atoms with Crippen LogP contribution in [0.15, 0.2) is 60.9 Å². The third-order valence-electron chi connectivity index (χ3n) is 6.54. The summed E-state index contributed by atoms with van der Waals surface area (Å²) in [6.45, 7) is 1.76. The molecule has 2 unspecified atom stereocenters. The standard InChI is InChI=1S/C26H30N6O6/c1-14(20(34)16-7-9-17(10-8-16)37-12-15-5-3-2-4-6-15)29-26-30-23(27)19-24(31-26)32(13-28-19)25-22(36)21(35)18(11-33)38-25/h2-10,13-14,18,20-22,25,33-36H,11-12H2,1H3,(H3,27,29,30,31)/t14?,18-,20?,21-,22-,25-/m1/s1. The highest BCUT2D eigenvalue weighted by molar-refractivity contribution is 5.83. The summed E-state index contributed by atoms with van der Waals surface area (Å²) in [5.41, 5.74) is 8.37. The van der Waals surface area contributed by atoms with Crippen molar-refractivity contribution < 1.29 is 29.9 Å². The Balaban J connectivity index is 1.28. The van der Waals surface area contributed by atoms with Crippen LogP contribution in [0.4, 0.5) is 11.8 Å². The predicted octanol–water partition coefficient (Wildman–Crippen LogP) is 1.13. The molecule has 0 aliphatic carbocycles. The van der Waals surface area contributed by atoms with Gasteiger partial charge in [-0.3, -0.25) is 4.57 Å². The normalized spacial score (nSPS) is 22.9. The molecule has 38 heavy (non-hydrogen) atoms. The number of nitrogens with one attached hydrogen (secondary N) is 1. The molecule has 12 nitrogen and oxygen atoms in total. The zero-order valence-electron chi connectivity index (χ0n) is 20.6. The summed E-state index contributed by atoms with van der Waals surface area (Å²) in [6, 6.07) is 16.5. The van der Waals surface area contributed by atoms with Gasteiger partial charge in [-0.2, -0.15) is 9.97 Å². The molecule has 3 heterocycles. The van der Waals surface area contributed by atoms with E-state index in [-0.39, 0.29) is 22.9 Å². The molecule has 1 fully saturated rings. The lowest BCUT2D eigenvalue weighted by Crippen LogP contribution is -2.33. The maximum atomic E-state index is 10.9. The van der Waals surface area contributed by atoms with E-state index in [2.05, 4.69) is 20.3 Å². The van der Waals surface area contributed by atoms with Gasteiger partial charge in [0.1, 0.15) is 36.2 Å². The molecule has 0 bridgehead atoms. The van der Waals surface area contributed by atoms with Crippen LogP contribution < -0.4 is 15.8 Å². The lowest BCUT2D eigenvalue weighted by molar-refractivity contribution is -0.0511. The van der Waals surface area contributed by atoms with Crippen LogP contribution in [0.3, 0.4) is 0 Å². The van der Waals surface area contributed by atoms with Crippen LogP contribution in [0.5, 0.6) is 5.75 Å². The van der Waals surface area contributed by atoms with Crippen LogP contribution in [-0.4, -0.2) is 70.9 Å². The fourth-order valence-corrected chi connectivity index (χ4v) is 4.37. The second kappa shape index (κ2) is 10.9. The topological polar surface area (TPSA) is 181 Å². The average Bonchev–Trinajstić information content (AvgIpc) is 3.48. The minimum atomic E-state index is -1.31. The number of aliphatic hydroxyl groups excluding tert-OH is 4. The molecule has 7 N–H and O–H groups in total. The molecule has 4 aromatic rings. The van der Waals surface area contributed by atoms with E-state index >= 15 is 0 Å². The number of imidazole rings is 1. The van der Waals surface area contributed by atoms with Crippen molar-refractivity contribution in [2.45, 2.75) is 50.2 Å². The van der Waals surface area contributed by atoms with Gasteiger partial charge >= 0.3 is 0 Å². The monoisotopic (exact) mass is 522 g/mol. The van der Waals surface area contributed by atoms with E-state index in [0.29, 0.717) is 17.9 Å². The van der Waals surface area contributed by atoms with Crippen LogP contribution in [0, 0.1) is 0 Å². The van der Waals surface area contributed by atoms with Crippen LogP contribution in [0.1, 0.15) is 30.4 Å². The van der Waals surface area contributed by atoms with Gasteiger partial charge in [-0.1, -0.05) is 42.5 Å². The first-order chi connectivity index (χ1) is 18.4. The Morgan fingerprint density at radius 1 is 1.08 bits per heavy atom. The summed E-state index contributed by atoms with van der Waals surface area (Å²) < 4.78 is 12.8. The van der Waals surface area contributed by atoms with Crippen LogP contribution in [0.25, 0.3) is 11.2 Å². The van der Waals surface area contributed by atoms with E-state index in [0.717, 1.165) is 5.56 Å². The highest BCUT2D eigenvalue weighted by atomic mass is 16.6. The molecule has 5 rings (SSSR count). The largest absolute Gasteiger partial charge is 0.489 e. The van der Waals surface area contributed by atoms with Crippen molar-refractivity contribution in [2.24, 2.45) is 0 Å². The van der Waals surface area contributed by atoms with E-state index in [4.69, 9.17) is 15.2 Å². The van der Waals surface area contributed by atoms with Gasteiger partial charge in [-0.25, -0.2) is 4.98 Å². The average molecular weight is 523 g/mol. The Hall–Kier alpha value is -3.81. The summed E-state index contributed by atoms with van der Waals surface area (Å²) in [4.78, 5) is 12.9. The Kier molecular flexibility index (Phi) is 7.40. The predicted molar refractivity (Wildman–Crippen MR) is 138 cm³/mol. The first-order valence-corrected chi connectivity index (χ1v) is 12.2. The van der Waals surface area contributed by atoms with Crippen molar-refractivity contribution in [3.8, 4) is 5.75 Å². The molecule has 2 aromatic heterocycles. The van der Waals surface area contributed by atoms with Gasteiger partial charge in [0.25, 0.3) is 0 Å². The van der Waals surface area contributed by atoms with Gasteiger partial charge in [0.05, 0.1) is 25.1 Å². The number of ether oxygens (including phenoxy) is 2. The van der Waals surface area contributed by atoms with Gasteiger partial charge in [0.2, 0.25) is 5.95 Å². The van der Waals surface area contributed by atoms with Gasteiger partial charge in [-0.15, -0.1) is 0 Å². The van der Waals surface area contributed by atoms with Gasteiger partial charge in [0.15, 0.2) is 17.7 Å². The van der Waals surface area contributed by atoms with E-state index in [1.54, 1.807) is 31.2 Å². The summed E-state index contributed by atoms with van der Waals surface area (Å²) in [5.74, 6) is 0.910. The summed E-state index contributed by atoms with van der Waals surface area (Å²) in [6.07, 6.45) is -4.08. The molecular weight excluding hydrogens is 492 g/mol. The Labute approximate surface area is 218 Å². The van der Waals surface area contributed by atoms with E-state index in [1.165, 1.54) is 10.9 Å². The number of nitrogens with two attached hydrogens (primary N) is 1. The summed E-state index contributed by atoms with van der Waals surface area (Å²) in [5, 5.41) is 43.9. The minimum Gasteiger partial charge on any atom is -0.489 e. The molecule has 0 amide bonds. The van der Waals surface area contributed by atoms with Crippen molar-refractivity contribution in [3.05, 3.63) is 72.1 Å². The Bertz CT molecular complexity index is 1370. The quantitative estimate of drug-likeness (QED) is 0.185. The zero-order chi connectivity index (χ0) is 26.8. The SMILES string of the molecule is CC(Nc1nc(N)c2ncn([C@@H]3O[C@H](CO)[C@@H](O)[C@H]3O)c2n1)C(O)c1ccc(OCc2ccccc2)cc1. The fraction of sp³-hybridized carbons (Fsp3) is 0.346. The lowest BCUT2D eigenvalue weighted by Gasteiger charge is -2.21. The van der Waals surface area contributed by atoms with Crippen molar-refractivity contribution in [3.63, 3.8) is 0 Å². The third kappa shape index (κ3) is 5.12. The minimum absolute atomic E-state index is 0.0876. The second-order valence-corrected chi connectivity index (χ2v) is 9.21. The number of rotatable bonds is 9. The van der Waals surface area contributed by atoms with Crippen molar-refractivity contribution in [2.75, 3.05) is 17.7 Å². The van der Waals surface area contributed by atoms with Crippen LogP contribution >= 0.6 is 0 Å².